The van der Waals surface area contributed by atoms with Gasteiger partial charge in [0.15, 0.2) is 0 Å². The molecule has 0 bridgehead atoms. The lowest BCUT2D eigenvalue weighted by molar-refractivity contribution is -0.120. The predicted octanol–water partition coefficient (Wildman–Crippen LogP) is 3.67. The number of anilines is 2. The number of nitrogens with one attached hydrogen (secondary N) is 3. The molecular weight excluding hydrogens is 416 g/mol. The number of benzene rings is 1. The summed E-state index contributed by atoms with van der Waals surface area (Å²) in [6.45, 7) is 2.74. The van der Waals surface area contributed by atoms with Crippen LogP contribution in [0, 0.1) is 12.8 Å². The van der Waals surface area contributed by atoms with Crippen LogP contribution in [0.5, 0.6) is 5.75 Å². The summed E-state index contributed by atoms with van der Waals surface area (Å²) in [6, 6.07) is 8.19. The number of carbonyl (C=O) groups is 1. The number of hydrogen-bond acceptors (Lipinski definition) is 6. The molecule has 0 atom stereocenters. The second-order valence-corrected chi connectivity index (χ2v) is 9.12. The van der Waals surface area contributed by atoms with E-state index in [4.69, 9.17) is 4.74 Å². The molecule has 2 heterocycles. The van der Waals surface area contributed by atoms with Crippen molar-refractivity contribution in [1.82, 2.24) is 20.3 Å². The van der Waals surface area contributed by atoms with Gasteiger partial charge in [-0.05, 0) is 68.4 Å². The Morgan fingerprint density at radius 3 is 2.73 bits per heavy atom. The average molecular weight is 451 g/mol. The Morgan fingerprint density at radius 2 is 2.00 bits per heavy atom. The van der Waals surface area contributed by atoms with Crippen LogP contribution in [-0.4, -0.2) is 54.7 Å². The number of methoxy groups -OCH3 is 1. The molecule has 0 saturated heterocycles. The largest absolute Gasteiger partial charge is 0.497 e. The third kappa shape index (κ3) is 5.56. The minimum Gasteiger partial charge on any atom is -0.497 e. The third-order valence-corrected chi connectivity index (χ3v) is 6.53. The minimum absolute atomic E-state index is 0.0657. The number of ether oxygens (including phenoxy) is 1. The highest BCUT2D eigenvalue weighted by molar-refractivity contribution is 5.91. The van der Waals surface area contributed by atoms with Crippen molar-refractivity contribution in [3.63, 3.8) is 0 Å². The summed E-state index contributed by atoms with van der Waals surface area (Å²) >= 11 is 0. The molecule has 3 N–H and O–H groups in total. The van der Waals surface area contributed by atoms with E-state index in [-0.39, 0.29) is 5.91 Å². The molecule has 1 aromatic carbocycles. The van der Waals surface area contributed by atoms with E-state index >= 15 is 0 Å². The topological polar surface area (TPSA) is 95.2 Å². The van der Waals surface area contributed by atoms with Crippen molar-refractivity contribution in [3.05, 3.63) is 41.7 Å². The Bertz CT molecular complexity index is 1100. The second-order valence-electron chi connectivity index (χ2n) is 9.12. The summed E-state index contributed by atoms with van der Waals surface area (Å²) in [7, 11) is 5.61. The molecule has 1 aliphatic carbocycles. The maximum absolute atomic E-state index is 12.7. The molecule has 4 rings (SSSR count). The first-order chi connectivity index (χ1) is 15.9. The van der Waals surface area contributed by atoms with E-state index in [2.05, 4.69) is 25.6 Å². The molecular formula is C25H34N6O2. The molecule has 0 radical (unpaired) electrons. The van der Waals surface area contributed by atoms with Gasteiger partial charge in [0.25, 0.3) is 0 Å². The van der Waals surface area contributed by atoms with E-state index in [1.165, 1.54) is 0 Å². The van der Waals surface area contributed by atoms with Crippen LogP contribution >= 0.6 is 0 Å². The zero-order valence-electron chi connectivity index (χ0n) is 19.9. The number of amides is 1. The Kier molecular flexibility index (Phi) is 7.01. The number of nitrogens with zero attached hydrogens (tertiary/aromatic N) is 3. The minimum atomic E-state index is 0.0657. The summed E-state index contributed by atoms with van der Waals surface area (Å²) in [5, 5.41) is 7.68. The van der Waals surface area contributed by atoms with Crippen molar-refractivity contribution >= 4 is 28.6 Å². The highest BCUT2D eigenvalue weighted by atomic mass is 16.5. The molecule has 2 aromatic heterocycles. The fourth-order valence-corrected chi connectivity index (χ4v) is 4.56. The number of fused-ring (bicyclic) bond motifs is 1. The number of aromatic amines is 1. The van der Waals surface area contributed by atoms with E-state index in [9.17, 15) is 4.79 Å². The smallest absolute Gasteiger partial charge is 0.224 e. The van der Waals surface area contributed by atoms with E-state index in [1.807, 2.05) is 50.2 Å². The van der Waals surface area contributed by atoms with Crippen molar-refractivity contribution in [1.29, 1.82) is 0 Å². The van der Waals surface area contributed by atoms with Crippen LogP contribution in [0.4, 0.5) is 11.8 Å². The predicted molar refractivity (Wildman–Crippen MR) is 132 cm³/mol. The fourth-order valence-electron chi connectivity index (χ4n) is 4.56. The van der Waals surface area contributed by atoms with Crippen LogP contribution < -0.4 is 20.3 Å². The lowest BCUT2D eigenvalue weighted by atomic mass is 9.86. The van der Waals surface area contributed by atoms with E-state index in [1.54, 1.807) is 13.3 Å². The molecule has 0 unspecified atom stereocenters. The Morgan fingerprint density at radius 1 is 1.21 bits per heavy atom. The van der Waals surface area contributed by atoms with E-state index in [0.717, 1.165) is 66.0 Å². The zero-order valence-corrected chi connectivity index (χ0v) is 19.9. The monoisotopic (exact) mass is 450 g/mol. The van der Waals surface area contributed by atoms with Gasteiger partial charge in [0.05, 0.1) is 13.5 Å². The van der Waals surface area contributed by atoms with Crippen molar-refractivity contribution in [2.75, 3.05) is 38.0 Å². The van der Waals surface area contributed by atoms with Gasteiger partial charge in [-0.25, -0.2) is 4.98 Å². The number of aryl methyl sites for hydroxylation is 1. The number of aromatic nitrogens is 3. The van der Waals surface area contributed by atoms with Gasteiger partial charge < -0.3 is 25.3 Å². The van der Waals surface area contributed by atoms with Crippen molar-refractivity contribution < 1.29 is 9.53 Å². The molecule has 1 fully saturated rings. The molecule has 1 aliphatic rings. The standard InChI is InChI=1S/C25H34N6O2/c1-16-20(21-13-19(33-4)9-10-22(21)28-16)14-24(32)27-15-17-5-7-18(8-6-17)29-25-26-12-11-23(30-25)31(2)3/h9-13,17-18,28H,5-8,14-15H2,1-4H3,(H,27,32)(H,26,29,30)/t17-,18+. The zero-order chi connectivity index (χ0) is 23.4. The summed E-state index contributed by atoms with van der Waals surface area (Å²) in [6.07, 6.45) is 6.42. The van der Waals surface area contributed by atoms with E-state index in [0.29, 0.717) is 24.3 Å². The van der Waals surface area contributed by atoms with Gasteiger partial charge in [-0.3, -0.25) is 4.79 Å². The number of carbonyl (C=O) groups excluding carboxylic acids is 1. The third-order valence-electron chi connectivity index (χ3n) is 6.53. The van der Waals surface area contributed by atoms with Crippen LogP contribution in [-0.2, 0) is 11.2 Å². The average Bonchev–Trinajstić information content (AvgIpc) is 3.12. The Balaban J connectivity index is 1.25. The van der Waals surface area contributed by atoms with Gasteiger partial charge >= 0.3 is 0 Å². The highest BCUT2D eigenvalue weighted by Gasteiger charge is 2.22. The van der Waals surface area contributed by atoms with Crippen LogP contribution in [0.3, 0.4) is 0 Å². The van der Waals surface area contributed by atoms with Crippen LogP contribution in [0.15, 0.2) is 30.5 Å². The van der Waals surface area contributed by atoms with Gasteiger partial charge in [-0.2, -0.15) is 4.98 Å². The summed E-state index contributed by atoms with van der Waals surface area (Å²) in [5.41, 5.74) is 3.09. The van der Waals surface area contributed by atoms with Gasteiger partial charge in [0, 0.05) is 49.5 Å². The van der Waals surface area contributed by atoms with Crippen molar-refractivity contribution in [3.8, 4) is 5.75 Å². The van der Waals surface area contributed by atoms with E-state index < -0.39 is 0 Å². The molecule has 176 valence electrons. The normalized spacial score (nSPS) is 18.2. The Labute approximate surface area is 195 Å². The first-order valence-corrected chi connectivity index (χ1v) is 11.6. The quantitative estimate of drug-likeness (QED) is 0.485. The molecule has 33 heavy (non-hydrogen) atoms. The Hall–Kier alpha value is -3.29. The maximum atomic E-state index is 12.7. The molecule has 0 aliphatic heterocycles. The van der Waals surface area contributed by atoms with Crippen LogP contribution in [0.1, 0.15) is 36.9 Å². The van der Waals surface area contributed by atoms with Crippen molar-refractivity contribution in [2.45, 2.75) is 45.1 Å². The van der Waals surface area contributed by atoms with Gasteiger partial charge in [0.1, 0.15) is 11.6 Å². The highest BCUT2D eigenvalue weighted by Crippen LogP contribution is 2.28. The number of hydrogen-bond donors (Lipinski definition) is 3. The fraction of sp³-hybridized carbons (Fsp3) is 0.480. The first-order valence-electron chi connectivity index (χ1n) is 11.6. The number of rotatable bonds is 8. The maximum Gasteiger partial charge on any atom is 0.224 e. The van der Waals surface area contributed by atoms with Gasteiger partial charge in [-0.15, -0.1) is 0 Å². The lowest BCUT2D eigenvalue weighted by Crippen LogP contribution is -2.34. The van der Waals surface area contributed by atoms with Gasteiger partial charge in [0.2, 0.25) is 11.9 Å². The number of H-pyrrole nitrogens is 1. The summed E-state index contributed by atoms with van der Waals surface area (Å²) in [4.78, 5) is 27.0. The summed E-state index contributed by atoms with van der Waals surface area (Å²) in [5.74, 6) is 2.95. The van der Waals surface area contributed by atoms with Crippen LogP contribution in [0.25, 0.3) is 10.9 Å². The SMILES string of the molecule is COc1ccc2[nH]c(C)c(CC(=O)NC[C@H]3CC[C@@H](Nc4nccc(N(C)C)n4)CC3)c2c1. The molecule has 3 aromatic rings. The molecule has 8 nitrogen and oxygen atoms in total. The molecule has 8 heteroatoms. The molecule has 1 saturated carbocycles. The van der Waals surface area contributed by atoms with Crippen LogP contribution in [0.2, 0.25) is 0 Å². The molecule has 0 spiro atoms. The van der Waals surface area contributed by atoms with Crippen molar-refractivity contribution in [2.24, 2.45) is 5.92 Å². The second kappa shape index (κ2) is 10.1. The lowest BCUT2D eigenvalue weighted by Gasteiger charge is -2.29. The summed E-state index contributed by atoms with van der Waals surface area (Å²) < 4.78 is 5.35. The van der Waals surface area contributed by atoms with Gasteiger partial charge in [-0.1, -0.05) is 0 Å². The first kappa shape index (κ1) is 22.9. The molecule has 1 amide bonds.